The minimum absolute atomic E-state index is 0.291. The second-order valence-corrected chi connectivity index (χ2v) is 7.65. The number of thiazole rings is 1. The van der Waals surface area contributed by atoms with Crippen LogP contribution < -0.4 is 5.32 Å². The average molecular weight is 415 g/mol. The van der Waals surface area contributed by atoms with Gasteiger partial charge in [0.15, 0.2) is 0 Å². The number of nitrogens with one attached hydrogen (secondary N) is 1. The van der Waals surface area contributed by atoms with E-state index in [9.17, 15) is 18.0 Å². The Morgan fingerprint density at radius 2 is 1.86 bits per heavy atom. The van der Waals surface area contributed by atoms with Crippen molar-refractivity contribution in [2.75, 3.05) is 5.32 Å². The van der Waals surface area contributed by atoms with E-state index in [0.717, 1.165) is 33.5 Å². The molecule has 2 aromatic heterocycles. The highest BCUT2D eigenvalue weighted by Gasteiger charge is 2.29. The summed E-state index contributed by atoms with van der Waals surface area (Å²) in [6.07, 6.45) is -2.56. The van der Waals surface area contributed by atoms with Crippen LogP contribution in [0, 0.1) is 6.92 Å². The van der Waals surface area contributed by atoms with Gasteiger partial charge in [-0.15, -0.1) is 11.3 Å². The molecule has 0 aliphatic carbocycles. The Morgan fingerprint density at radius 3 is 2.52 bits per heavy atom. The SMILES string of the molecule is Cc1scnc1C(=O)Nc1cn(Cc2ccc(C(F)(F)F)cc2)c2ccccc12. The van der Waals surface area contributed by atoms with Crippen molar-refractivity contribution in [3.63, 3.8) is 0 Å². The second kappa shape index (κ2) is 7.36. The molecule has 0 radical (unpaired) electrons. The van der Waals surface area contributed by atoms with Gasteiger partial charge in [-0.25, -0.2) is 4.98 Å². The molecule has 0 atom stereocenters. The topological polar surface area (TPSA) is 46.9 Å². The van der Waals surface area contributed by atoms with Crippen LogP contribution in [0.15, 0.2) is 60.2 Å². The van der Waals surface area contributed by atoms with Crippen LogP contribution in [-0.2, 0) is 12.7 Å². The van der Waals surface area contributed by atoms with Crippen LogP contribution >= 0.6 is 11.3 Å². The van der Waals surface area contributed by atoms with Gasteiger partial charge in [-0.2, -0.15) is 13.2 Å². The van der Waals surface area contributed by atoms with Gasteiger partial charge >= 0.3 is 6.18 Å². The maximum atomic E-state index is 12.8. The molecule has 0 saturated heterocycles. The molecule has 0 spiro atoms. The predicted molar refractivity (Wildman–Crippen MR) is 107 cm³/mol. The van der Waals surface area contributed by atoms with E-state index in [0.29, 0.717) is 17.9 Å². The average Bonchev–Trinajstić information content (AvgIpc) is 3.26. The second-order valence-electron chi connectivity index (χ2n) is 6.59. The molecule has 0 aliphatic rings. The Labute approximate surface area is 168 Å². The number of rotatable bonds is 4. The van der Waals surface area contributed by atoms with Crippen LogP contribution in [0.3, 0.4) is 0 Å². The first-order valence-electron chi connectivity index (χ1n) is 8.78. The molecule has 1 amide bonds. The Hall–Kier alpha value is -3.13. The lowest BCUT2D eigenvalue weighted by molar-refractivity contribution is -0.137. The quantitative estimate of drug-likeness (QED) is 0.463. The monoisotopic (exact) mass is 415 g/mol. The van der Waals surface area contributed by atoms with Crippen molar-refractivity contribution in [3.05, 3.63) is 81.9 Å². The van der Waals surface area contributed by atoms with E-state index in [1.54, 1.807) is 11.7 Å². The number of alkyl halides is 3. The highest BCUT2D eigenvalue weighted by molar-refractivity contribution is 7.09. The number of nitrogens with zero attached hydrogens (tertiary/aromatic N) is 2. The Balaban J connectivity index is 1.64. The van der Waals surface area contributed by atoms with E-state index in [1.165, 1.54) is 23.5 Å². The van der Waals surface area contributed by atoms with Gasteiger partial charge in [0.2, 0.25) is 0 Å². The number of carbonyl (C=O) groups is 1. The van der Waals surface area contributed by atoms with Crippen LogP contribution in [0.5, 0.6) is 0 Å². The van der Waals surface area contributed by atoms with Gasteiger partial charge in [-0.1, -0.05) is 30.3 Å². The largest absolute Gasteiger partial charge is 0.416 e. The van der Waals surface area contributed by atoms with E-state index in [4.69, 9.17) is 0 Å². The van der Waals surface area contributed by atoms with Crippen molar-refractivity contribution in [2.24, 2.45) is 0 Å². The van der Waals surface area contributed by atoms with Gasteiger partial charge in [0.1, 0.15) is 5.69 Å². The molecule has 0 saturated carbocycles. The molecule has 0 bridgehead atoms. The molecule has 4 nitrogen and oxygen atoms in total. The fourth-order valence-electron chi connectivity index (χ4n) is 3.18. The number of carbonyl (C=O) groups excluding carboxylic acids is 1. The highest BCUT2D eigenvalue weighted by atomic mass is 32.1. The van der Waals surface area contributed by atoms with E-state index >= 15 is 0 Å². The van der Waals surface area contributed by atoms with Crippen molar-refractivity contribution in [1.29, 1.82) is 0 Å². The van der Waals surface area contributed by atoms with Crippen molar-refractivity contribution >= 4 is 33.8 Å². The Kier molecular flexibility index (Phi) is 4.87. The van der Waals surface area contributed by atoms with Gasteiger partial charge in [0, 0.05) is 23.0 Å². The van der Waals surface area contributed by atoms with Crippen LogP contribution in [-0.4, -0.2) is 15.5 Å². The lowest BCUT2D eigenvalue weighted by atomic mass is 10.1. The summed E-state index contributed by atoms with van der Waals surface area (Å²) in [7, 11) is 0. The number of aromatic nitrogens is 2. The van der Waals surface area contributed by atoms with Crippen LogP contribution in [0.1, 0.15) is 26.5 Å². The third-order valence-corrected chi connectivity index (χ3v) is 5.39. The summed E-state index contributed by atoms with van der Waals surface area (Å²) in [6.45, 7) is 2.21. The zero-order valence-electron chi connectivity index (χ0n) is 15.3. The minimum atomic E-state index is -4.36. The summed E-state index contributed by atoms with van der Waals surface area (Å²) >= 11 is 1.40. The zero-order valence-corrected chi connectivity index (χ0v) is 16.1. The van der Waals surface area contributed by atoms with Gasteiger partial charge in [-0.05, 0) is 30.7 Å². The van der Waals surface area contributed by atoms with Gasteiger partial charge in [0.25, 0.3) is 5.91 Å². The van der Waals surface area contributed by atoms with Gasteiger partial charge < -0.3 is 9.88 Å². The molecule has 4 aromatic rings. The van der Waals surface area contributed by atoms with Crippen molar-refractivity contribution in [3.8, 4) is 0 Å². The standard InChI is InChI=1S/C21H16F3N3OS/c1-13-19(25-12-29-13)20(28)26-17-11-27(18-5-3-2-4-16(17)18)10-14-6-8-15(9-7-14)21(22,23)24/h2-9,11-12H,10H2,1H3,(H,26,28). The smallest absolute Gasteiger partial charge is 0.341 e. The molecule has 8 heteroatoms. The molecule has 29 heavy (non-hydrogen) atoms. The first-order chi connectivity index (χ1) is 13.8. The van der Waals surface area contributed by atoms with Gasteiger partial charge in [0.05, 0.1) is 22.3 Å². The normalized spacial score (nSPS) is 11.7. The van der Waals surface area contributed by atoms with Crippen molar-refractivity contribution in [2.45, 2.75) is 19.6 Å². The molecule has 148 valence electrons. The van der Waals surface area contributed by atoms with Crippen LogP contribution in [0.4, 0.5) is 18.9 Å². The lowest BCUT2D eigenvalue weighted by Gasteiger charge is -2.09. The number of benzene rings is 2. The predicted octanol–water partition coefficient (Wildman–Crippen LogP) is 5.73. The molecule has 0 aliphatic heterocycles. The zero-order chi connectivity index (χ0) is 20.6. The maximum absolute atomic E-state index is 12.8. The maximum Gasteiger partial charge on any atom is 0.416 e. The fourth-order valence-corrected chi connectivity index (χ4v) is 3.75. The van der Waals surface area contributed by atoms with Crippen molar-refractivity contribution in [1.82, 2.24) is 9.55 Å². The summed E-state index contributed by atoms with van der Waals surface area (Å²) in [6, 6.07) is 12.6. The molecule has 1 N–H and O–H groups in total. The summed E-state index contributed by atoms with van der Waals surface area (Å²) in [4.78, 5) is 17.5. The van der Waals surface area contributed by atoms with E-state index in [2.05, 4.69) is 10.3 Å². The molecule has 0 fully saturated rings. The van der Waals surface area contributed by atoms with E-state index < -0.39 is 11.7 Å². The summed E-state index contributed by atoms with van der Waals surface area (Å²) < 4.78 is 40.2. The Bertz CT molecular complexity index is 1180. The Morgan fingerprint density at radius 1 is 1.14 bits per heavy atom. The molecule has 4 rings (SSSR count). The summed E-state index contributed by atoms with van der Waals surface area (Å²) in [5.74, 6) is -0.291. The van der Waals surface area contributed by atoms with Crippen LogP contribution in [0.25, 0.3) is 10.9 Å². The van der Waals surface area contributed by atoms with Crippen LogP contribution in [0.2, 0.25) is 0 Å². The van der Waals surface area contributed by atoms with E-state index in [-0.39, 0.29) is 5.91 Å². The molecule has 0 unspecified atom stereocenters. The fraction of sp³-hybridized carbons (Fsp3) is 0.143. The van der Waals surface area contributed by atoms with E-state index in [1.807, 2.05) is 35.8 Å². The number of anilines is 1. The number of amides is 1. The number of para-hydroxylation sites is 1. The number of hydrogen-bond donors (Lipinski definition) is 1. The molecule has 2 heterocycles. The number of aryl methyl sites for hydroxylation is 1. The molecular formula is C21H16F3N3OS. The number of halogens is 3. The summed E-state index contributed by atoms with van der Waals surface area (Å²) in [5, 5.41) is 3.75. The third kappa shape index (κ3) is 3.88. The van der Waals surface area contributed by atoms with Gasteiger partial charge in [-0.3, -0.25) is 4.79 Å². The first-order valence-corrected chi connectivity index (χ1v) is 9.66. The molecule has 2 aromatic carbocycles. The number of hydrogen-bond acceptors (Lipinski definition) is 3. The number of fused-ring (bicyclic) bond motifs is 1. The highest BCUT2D eigenvalue weighted by Crippen LogP contribution is 2.30. The first kappa shape index (κ1) is 19.2. The summed E-state index contributed by atoms with van der Waals surface area (Å²) in [5.41, 5.74) is 3.56. The third-order valence-electron chi connectivity index (χ3n) is 4.63. The minimum Gasteiger partial charge on any atom is -0.341 e. The van der Waals surface area contributed by atoms with Crippen molar-refractivity contribution < 1.29 is 18.0 Å². The molecular weight excluding hydrogens is 399 g/mol. The lowest BCUT2D eigenvalue weighted by Crippen LogP contribution is -2.13.